The highest BCUT2D eigenvalue weighted by Crippen LogP contribution is 2.27. The molecule has 1 rings (SSSR count). The van der Waals surface area contributed by atoms with Crippen LogP contribution in [0, 0.1) is 0 Å². The third-order valence-electron chi connectivity index (χ3n) is 3.41. The third-order valence-corrected chi connectivity index (χ3v) is 5.47. The minimum Gasteiger partial charge on any atom is -0.383 e. The van der Waals surface area contributed by atoms with Gasteiger partial charge in [0.15, 0.2) is 5.11 Å². The molecule has 0 fully saturated rings. The lowest BCUT2D eigenvalue weighted by molar-refractivity contribution is 0.521. The van der Waals surface area contributed by atoms with Gasteiger partial charge in [-0.05, 0) is 43.8 Å². The van der Waals surface area contributed by atoms with Gasteiger partial charge in [0.25, 0.3) is 0 Å². The second-order valence-corrected chi connectivity index (χ2v) is 8.60. The van der Waals surface area contributed by atoms with Crippen LogP contribution >= 0.6 is 12.2 Å². The quantitative estimate of drug-likeness (QED) is 0.345. The van der Waals surface area contributed by atoms with E-state index in [4.69, 9.17) is 12.2 Å². The Kier molecular flexibility index (Phi) is 8.34. The molecule has 8 heteroatoms. The van der Waals surface area contributed by atoms with Gasteiger partial charge in [-0.15, -0.1) is 0 Å². The van der Waals surface area contributed by atoms with Gasteiger partial charge < -0.3 is 16.0 Å². The topological polar surface area (TPSA) is 73.5 Å². The van der Waals surface area contributed by atoms with E-state index in [9.17, 15) is 8.42 Å². The maximum atomic E-state index is 12.4. The van der Waals surface area contributed by atoms with Gasteiger partial charge in [-0.1, -0.05) is 25.5 Å². The largest absolute Gasteiger partial charge is 0.383 e. The molecule has 0 spiro atoms. The van der Waals surface area contributed by atoms with Gasteiger partial charge in [-0.25, -0.2) is 12.7 Å². The predicted molar refractivity (Wildman–Crippen MR) is 110 cm³/mol. The van der Waals surface area contributed by atoms with Gasteiger partial charge in [0.05, 0.1) is 16.3 Å². The van der Waals surface area contributed by atoms with E-state index in [-0.39, 0.29) is 4.90 Å². The lowest BCUT2D eigenvalue weighted by Gasteiger charge is -2.18. The maximum Gasteiger partial charge on any atom is 0.242 e. The molecule has 0 aromatic heterocycles. The summed E-state index contributed by atoms with van der Waals surface area (Å²) < 4.78 is 25.9. The summed E-state index contributed by atoms with van der Waals surface area (Å²) >= 11 is 5.29. The van der Waals surface area contributed by atoms with Crippen molar-refractivity contribution in [1.82, 2.24) is 9.62 Å². The first kappa shape index (κ1) is 21.4. The van der Waals surface area contributed by atoms with E-state index in [1.165, 1.54) is 18.4 Å². The average Bonchev–Trinajstić information content (AvgIpc) is 2.54. The van der Waals surface area contributed by atoms with Crippen LogP contribution < -0.4 is 16.0 Å². The van der Waals surface area contributed by atoms with Crippen molar-refractivity contribution in [3.63, 3.8) is 0 Å². The number of hydrogen-bond donors (Lipinski definition) is 3. The minimum absolute atomic E-state index is 0.212. The fourth-order valence-corrected chi connectivity index (χ4v) is 3.06. The second-order valence-electron chi connectivity index (χ2n) is 6.04. The number of benzene rings is 1. The van der Waals surface area contributed by atoms with Crippen molar-refractivity contribution < 1.29 is 8.42 Å². The van der Waals surface area contributed by atoms with E-state index in [1.807, 2.05) is 6.92 Å². The highest BCUT2D eigenvalue weighted by molar-refractivity contribution is 7.89. The van der Waals surface area contributed by atoms with Crippen LogP contribution in [0.5, 0.6) is 0 Å². The summed E-state index contributed by atoms with van der Waals surface area (Å²) in [7, 11) is -0.497. The SMILES string of the molecule is C=C(C)CNC(=S)Nc1cc(S(=O)(=O)N(C)C)ccc1NCCCC. The number of thiocarbonyl (C=S) groups is 1. The molecule has 3 N–H and O–H groups in total. The Morgan fingerprint density at radius 1 is 1.28 bits per heavy atom. The summed E-state index contributed by atoms with van der Waals surface area (Å²) in [4.78, 5) is 0.212. The molecule has 0 amide bonds. The zero-order chi connectivity index (χ0) is 19.0. The van der Waals surface area contributed by atoms with Crippen LogP contribution in [0.2, 0.25) is 0 Å². The number of nitrogens with zero attached hydrogens (tertiary/aromatic N) is 1. The molecule has 0 saturated carbocycles. The fourth-order valence-electron chi connectivity index (χ4n) is 1.95. The summed E-state index contributed by atoms with van der Waals surface area (Å²) in [5.74, 6) is 0. The molecule has 25 heavy (non-hydrogen) atoms. The van der Waals surface area contributed by atoms with E-state index in [0.717, 1.165) is 30.6 Å². The molecule has 0 atom stereocenters. The summed E-state index contributed by atoms with van der Waals surface area (Å²) in [5, 5.41) is 9.85. The summed E-state index contributed by atoms with van der Waals surface area (Å²) in [5.41, 5.74) is 2.39. The Balaban J connectivity index is 3.09. The van der Waals surface area contributed by atoms with Gasteiger partial charge in [0.1, 0.15) is 0 Å². The normalized spacial score (nSPS) is 11.2. The molecule has 0 aliphatic carbocycles. The number of anilines is 2. The summed E-state index contributed by atoms with van der Waals surface area (Å²) in [6.07, 6.45) is 2.09. The lowest BCUT2D eigenvalue weighted by Crippen LogP contribution is -2.30. The molecule has 6 nitrogen and oxygen atoms in total. The monoisotopic (exact) mass is 384 g/mol. The molecule has 0 aliphatic heterocycles. The molecule has 1 aromatic carbocycles. The van der Waals surface area contributed by atoms with Gasteiger partial charge in [-0.2, -0.15) is 0 Å². The first-order chi connectivity index (χ1) is 11.7. The molecule has 140 valence electrons. The average molecular weight is 385 g/mol. The fraction of sp³-hybridized carbons (Fsp3) is 0.471. The summed E-state index contributed by atoms with van der Waals surface area (Å²) in [6.45, 7) is 9.19. The van der Waals surface area contributed by atoms with Gasteiger partial charge in [0.2, 0.25) is 10.0 Å². The van der Waals surface area contributed by atoms with E-state index in [2.05, 4.69) is 29.5 Å². The second kappa shape index (κ2) is 9.74. The van der Waals surface area contributed by atoms with Crippen molar-refractivity contribution in [1.29, 1.82) is 0 Å². The zero-order valence-corrected chi connectivity index (χ0v) is 17.0. The van der Waals surface area contributed by atoms with Crippen LogP contribution in [0.15, 0.2) is 35.2 Å². The van der Waals surface area contributed by atoms with Gasteiger partial charge in [-0.3, -0.25) is 0 Å². The smallest absolute Gasteiger partial charge is 0.242 e. The van der Waals surface area contributed by atoms with Crippen LogP contribution in [0.4, 0.5) is 11.4 Å². The number of nitrogens with one attached hydrogen (secondary N) is 3. The van der Waals surface area contributed by atoms with Crippen LogP contribution in [0.25, 0.3) is 0 Å². The van der Waals surface area contributed by atoms with Crippen molar-refractivity contribution in [3.05, 3.63) is 30.4 Å². The molecule has 0 aliphatic rings. The standard InChI is InChI=1S/C17H28N4O2S2/c1-6-7-10-18-15-9-8-14(25(22,23)21(4)5)11-16(15)20-17(24)19-12-13(2)3/h8-9,11,18H,2,6-7,10,12H2,1,3-5H3,(H2,19,20,24). The zero-order valence-electron chi connectivity index (χ0n) is 15.3. The van der Waals surface area contributed by atoms with Crippen LogP contribution in [0.3, 0.4) is 0 Å². The number of hydrogen-bond acceptors (Lipinski definition) is 4. The van der Waals surface area contributed by atoms with Crippen molar-refractivity contribution in [2.24, 2.45) is 0 Å². The van der Waals surface area contributed by atoms with Gasteiger partial charge >= 0.3 is 0 Å². The first-order valence-electron chi connectivity index (χ1n) is 8.18. The molecule has 0 heterocycles. The minimum atomic E-state index is -3.52. The van der Waals surface area contributed by atoms with Crippen molar-refractivity contribution in [2.75, 3.05) is 37.8 Å². The highest BCUT2D eigenvalue weighted by atomic mass is 32.2. The highest BCUT2D eigenvalue weighted by Gasteiger charge is 2.19. The Labute approximate surface area is 156 Å². The van der Waals surface area contributed by atoms with Crippen molar-refractivity contribution >= 4 is 38.7 Å². The Morgan fingerprint density at radius 3 is 2.52 bits per heavy atom. The van der Waals surface area contributed by atoms with E-state index < -0.39 is 10.0 Å². The number of rotatable bonds is 9. The van der Waals surface area contributed by atoms with E-state index >= 15 is 0 Å². The first-order valence-corrected chi connectivity index (χ1v) is 10.0. The molecule has 0 bridgehead atoms. The van der Waals surface area contributed by atoms with Crippen LogP contribution in [-0.2, 0) is 10.0 Å². The summed E-state index contributed by atoms with van der Waals surface area (Å²) in [6, 6.07) is 4.95. The molecular weight excluding hydrogens is 356 g/mol. The number of sulfonamides is 1. The Morgan fingerprint density at radius 2 is 1.96 bits per heavy atom. The molecule has 1 aromatic rings. The molecule has 0 unspecified atom stereocenters. The number of unbranched alkanes of at least 4 members (excludes halogenated alkanes) is 1. The Hall–Kier alpha value is -1.64. The predicted octanol–water partition coefficient (Wildman–Crippen LogP) is 3.01. The molecule has 0 radical (unpaired) electrons. The lowest BCUT2D eigenvalue weighted by atomic mass is 10.2. The molecule has 0 saturated heterocycles. The van der Waals surface area contributed by atoms with Gasteiger partial charge in [0, 0.05) is 27.2 Å². The van der Waals surface area contributed by atoms with Crippen LogP contribution in [-0.4, -0.2) is 45.0 Å². The maximum absolute atomic E-state index is 12.4. The van der Waals surface area contributed by atoms with Crippen molar-refractivity contribution in [3.8, 4) is 0 Å². The Bertz CT molecular complexity index is 715. The third kappa shape index (κ3) is 6.64. The van der Waals surface area contributed by atoms with E-state index in [1.54, 1.807) is 18.2 Å². The molecular formula is C17H28N4O2S2. The van der Waals surface area contributed by atoms with Crippen molar-refractivity contribution in [2.45, 2.75) is 31.6 Å². The van der Waals surface area contributed by atoms with E-state index in [0.29, 0.717) is 17.3 Å². The van der Waals surface area contributed by atoms with Crippen LogP contribution in [0.1, 0.15) is 26.7 Å².